The smallest absolute Gasteiger partial charge is 0.126 e. The zero-order chi connectivity index (χ0) is 9.52. The third-order valence-electron chi connectivity index (χ3n) is 2.20. The summed E-state index contributed by atoms with van der Waals surface area (Å²) in [6.45, 7) is 2.58. The molecule has 0 bridgehead atoms. The number of carbonyl (C=O) groups excluding carboxylic acids is 1. The Morgan fingerprint density at radius 1 is 1.62 bits per heavy atom. The molecule has 0 aromatic carbocycles. The quantitative estimate of drug-likeness (QED) is 0.481. The van der Waals surface area contributed by atoms with Gasteiger partial charge in [-0.1, -0.05) is 12.2 Å². The molecule has 0 radical (unpaired) electrons. The van der Waals surface area contributed by atoms with Gasteiger partial charge in [-0.05, 0) is 32.6 Å². The molecule has 0 saturated carbocycles. The van der Waals surface area contributed by atoms with Gasteiger partial charge in [-0.2, -0.15) is 0 Å². The van der Waals surface area contributed by atoms with Gasteiger partial charge in [0.05, 0.1) is 0 Å². The predicted octanol–water partition coefficient (Wildman–Crippen LogP) is 2.28. The second-order valence-electron chi connectivity index (χ2n) is 3.18. The largest absolute Gasteiger partial charge is 0.369 e. The molecular weight excluding hydrogens is 164 g/mol. The highest BCUT2D eigenvalue weighted by Crippen LogP contribution is 2.17. The van der Waals surface area contributed by atoms with Crippen LogP contribution in [0.2, 0.25) is 0 Å². The summed E-state index contributed by atoms with van der Waals surface area (Å²) in [6.07, 6.45) is 8.09. The number of rotatable bonds is 2. The minimum atomic E-state index is -0.122. The van der Waals surface area contributed by atoms with Crippen LogP contribution >= 0.6 is 0 Å². The highest BCUT2D eigenvalue weighted by atomic mass is 16.5. The molecule has 0 heterocycles. The number of hydrogen-bond donors (Lipinski definition) is 0. The zero-order valence-corrected chi connectivity index (χ0v) is 8.08. The summed E-state index contributed by atoms with van der Waals surface area (Å²) in [5.74, 6) is 2.00. The molecule has 0 spiro atoms. The van der Waals surface area contributed by atoms with E-state index < -0.39 is 0 Å². The van der Waals surface area contributed by atoms with Crippen LogP contribution in [0.4, 0.5) is 0 Å². The van der Waals surface area contributed by atoms with Crippen LogP contribution in [0.1, 0.15) is 32.6 Å². The van der Waals surface area contributed by atoms with Crippen molar-refractivity contribution in [1.29, 1.82) is 0 Å². The molecule has 2 nitrogen and oxygen atoms in total. The lowest BCUT2D eigenvalue weighted by Gasteiger charge is -2.15. The van der Waals surface area contributed by atoms with Crippen LogP contribution < -0.4 is 0 Å². The Morgan fingerprint density at radius 3 is 3.15 bits per heavy atom. The van der Waals surface area contributed by atoms with Crippen molar-refractivity contribution in [3.63, 3.8) is 0 Å². The van der Waals surface area contributed by atoms with Crippen LogP contribution in [0.25, 0.3) is 0 Å². The molecule has 13 heavy (non-hydrogen) atoms. The summed E-state index contributed by atoms with van der Waals surface area (Å²) in [4.78, 5) is 10.6. The Labute approximate surface area is 79.3 Å². The standard InChI is InChI=1S/C11H16O2/c1-2-13-11-8-6-4-3-5-7-10(11)9-12/h6,8,11H,2-5,7H2,1H3. The molecule has 1 aliphatic rings. The minimum Gasteiger partial charge on any atom is -0.369 e. The van der Waals surface area contributed by atoms with Crippen molar-refractivity contribution in [2.75, 3.05) is 6.61 Å². The van der Waals surface area contributed by atoms with Crippen LogP contribution in [-0.4, -0.2) is 18.7 Å². The molecule has 0 amide bonds. The molecule has 1 atom stereocenters. The van der Waals surface area contributed by atoms with E-state index in [1.165, 1.54) is 0 Å². The van der Waals surface area contributed by atoms with Gasteiger partial charge in [0.1, 0.15) is 12.0 Å². The first kappa shape index (κ1) is 10.2. The Balaban J connectivity index is 2.70. The predicted molar refractivity (Wildman–Crippen MR) is 52.2 cm³/mol. The molecule has 1 aliphatic carbocycles. The SMILES string of the molecule is CCOC1C=CCCCCC1=C=O. The second-order valence-corrected chi connectivity index (χ2v) is 3.18. The van der Waals surface area contributed by atoms with E-state index in [0.717, 1.165) is 31.3 Å². The van der Waals surface area contributed by atoms with Crippen LogP contribution in [0.3, 0.4) is 0 Å². The lowest BCUT2D eigenvalue weighted by molar-refractivity contribution is 0.118. The van der Waals surface area contributed by atoms with Crippen molar-refractivity contribution in [3.05, 3.63) is 17.7 Å². The Morgan fingerprint density at radius 2 is 2.46 bits per heavy atom. The van der Waals surface area contributed by atoms with E-state index in [9.17, 15) is 4.79 Å². The third kappa shape index (κ3) is 3.17. The first-order valence-electron chi connectivity index (χ1n) is 4.90. The number of ether oxygens (including phenoxy) is 1. The molecule has 0 aromatic rings. The average molecular weight is 180 g/mol. The molecule has 0 fully saturated rings. The summed E-state index contributed by atoms with van der Waals surface area (Å²) in [5.41, 5.74) is 0.762. The van der Waals surface area contributed by atoms with Gasteiger partial charge in [-0.3, -0.25) is 0 Å². The lowest BCUT2D eigenvalue weighted by atomic mass is 10.00. The monoisotopic (exact) mass is 180 g/mol. The summed E-state index contributed by atoms with van der Waals surface area (Å²) in [7, 11) is 0. The summed E-state index contributed by atoms with van der Waals surface area (Å²) < 4.78 is 5.44. The molecule has 72 valence electrons. The van der Waals surface area contributed by atoms with E-state index in [4.69, 9.17) is 4.74 Å². The maximum absolute atomic E-state index is 10.6. The average Bonchev–Trinajstić information content (AvgIpc) is 2.10. The third-order valence-corrected chi connectivity index (χ3v) is 2.20. The molecule has 1 unspecified atom stereocenters. The van der Waals surface area contributed by atoms with Crippen LogP contribution in [-0.2, 0) is 9.53 Å². The van der Waals surface area contributed by atoms with Gasteiger partial charge in [0, 0.05) is 12.2 Å². The lowest BCUT2D eigenvalue weighted by Crippen LogP contribution is -2.14. The topological polar surface area (TPSA) is 26.3 Å². The van der Waals surface area contributed by atoms with E-state index in [1.807, 2.05) is 18.9 Å². The highest BCUT2D eigenvalue weighted by molar-refractivity contribution is 5.55. The first-order chi connectivity index (χ1) is 6.38. The molecule has 2 heteroatoms. The van der Waals surface area contributed by atoms with Crippen LogP contribution in [0, 0.1) is 0 Å². The molecule has 0 aromatic heterocycles. The van der Waals surface area contributed by atoms with Gasteiger partial charge >= 0.3 is 0 Å². The zero-order valence-electron chi connectivity index (χ0n) is 8.08. The van der Waals surface area contributed by atoms with E-state index in [0.29, 0.717) is 6.61 Å². The van der Waals surface area contributed by atoms with Crippen molar-refractivity contribution in [3.8, 4) is 0 Å². The maximum Gasteiger partial charge on any atom is 0.126 e. The van der Waals surface area contributed by atoms with Crippen molar-refractivity contribution in [2.45, 2.75) is 38.7 Å². The normalized spacial score (nSPS) is 23.5. The van der Waals surface area contributed by atoms with Crippen molar-refractivity contribution in [2.24, 2.45) is 0 Å². The maximum atomic E-state index is 10.6. The summed E-state index contributed by atoms with van der Waals surface area (Å²) >= 11 is 0. The van der Waals surface area contributed by atoms with Crippen molar-refractivity contribution in [1.82, 2.24) is 0 Å². The molecular formula is C11H16O2. The van der Waals surface area contributed by atoms with E-state index in [-0.39, 0.29) is 6.10 Å². The van der Waals surface area contributed by atoms with Gasteiger partial charge in [-0.25, -0.2) is 4.79 Å². The number of allylic oxidation sites excluding steroid dienone is 1. The van der Waals surface area contributed by atoms with Gasteiger partial charge < -0.3 is 4.74 Å². The van der Waals surface area contributed by atoms with Crippen LogP contribution in [0.15, 0.2) is 17.7 Å². The Kier molecular flexibility index (Phi) is 4.52. The molecule has 0 N–H and O–H groups in total. The fourth-order valence-corrected chi connectivity index (χ4v) is 1.50. The van der Waals surface area contributed by atoms with Crippen molar-refractivity contribution < 1.29 is 9.53 Å². The molecule has 0 aliphatic heterocycles. The van der Waals surface area contributed by atoms with E-state index in [2.05, 4.69) is 6.08 Å². The number of hydrogen-bond acceptors (Lipinski definition) is 2. The highest BCUT2D eigenvalue weighted by Gasteiger charge is 2.13. The first-order valence-corrected chi connectivity index (χ1v) is 4.90. The Hall–Kier alpha value is -0.850. The summed E-state index contributed by atoms with van der Waals surface area (Å²) in [6, 6.07) is 0. The van der Waals surface area contributed by atoms with Gasteiger partial charge in [-0.15, -0.1) is 0 Å². The van der Waals surface area contributed by atoms with Gasteiger partial charge in [0.15, 0.2) is 0 Å². The van der Waals surface area contributed by atoms with Crippen LogP contribution in [0.5, 0.6) is 0 Å². The summed E-state index contributed by atoms with van der Waals surface area (Å²) in [5, 5.41) is 0. The fourth-order valence-electron chi connectivity index (χ4n) is 1.50. The van der Waals surface area contributed by atoms with Gasteiger partial charge in [0.25, 0.3) is 0 Å². The second kappa shape index (κ2) is 5.74. The van der Waals surface area contributed by atoms with Crippen molar-refractivity contribution >= 4 is 5.94 Å². The van der Waals surface area contributed by atoms with E-state index in [1.54, 1.807) is 0 Å². The fraction of sp³-hybridized carbons (Fsp3) is 0.636. The molecule has 1 rings (SSSR count). The van der Waals surface area contributed by atoms with E-state index >= 15 is 0 Å². The Bertz CT molecular complexity index is 224. The minimum absolute atomic E-state index is 0.122. The molecule has 0 saturated heterocycles. The van der Waals surface area contributed by atoms with Gasteiger partial charge in [0.2, 0.25) is 0 Å².